The van der Waals surface area contributed by atoms with Gasteiger partial charge < -0.3 is 20.9 Å². The number of aromatic nitrogens is 2. The van der Waals surface area contributed by atoms with Crippen LogP contribution < -0.4 is 11.1 Å². The predicted octanol–water partition coefficient (Wildman–Crippen LogP) is -0.128. The molecule has 2 rings (SSSR count). The number of ether oxygens (including phenoxy) is 1. The third-order valence-corrected chi connectivity index (χ3v) is 3.35. The number of aliphatic carboxylic acids is 1. The average Bonchev–Trinajstić information content (AvgIpc) is 2.91. The van der Waals surface area contributed by atoms with E-state index in [-0.39, 0.29) is 6.10 Å². The van der Waals surface area contributed by atoms with Gasteiger partial charge in [0, 0.05) is 13.6 Å². The van der Waals surface area contributed by atoms with E-state index in [4.69, 9.17) is 15.6 Å². The molecule has 1 saturated heterocycles. The Hall–Kier alpha value is -2.09. The van der Waals surface area contributed by atoms with E-state index in [9.17, 15) is 9.59 Å². The number of nitrogens with one attached hydrogen (secondary N) is 1. The average molecular weight is 282 g/mol. The SMILES string of the molecule is Cc1nn(C)c(NCC2CCC(C(=O)O)O2)c1C(N)=O. The number of carboxylic acid groups (broad SMARTS) is 1. The predicted molar refractivity (Wildman–Crippen MR) is 70.5 cm³/mol. The number of anilines is 1. The molecule has 0 bridgehead atoms. The van der Waals surface area contributed by atoms with E-state index in [0.717, 1.165) is 0 Å². The maximum Gasteiger partial charge on any atom is 0.332 e. The van der Waals surface area contributed by atoms with Gasteiger partial charge in [0.2, 0.25) is 0 Å². The number of carbonyl (C=O) groups excluding carboxylic acids is 1. The number of aryl methyl sites for hydroxylation is 2. The fourth-order valence-electron chi connectivity index (χ4n) is 2.40. The molecule has 8 nitrogen and oxygen atoms in total. The van der Waals surface area contributed by atoms with Crippen LogP contribution in [0.4, 0.5) is 5.82 Å². The number of primary amides is 1. The third kappa shape index (κ3) is 2.74. The molecule has 0 aliphatic carbocycles. The molecule has 0 spiro atoms. The molecule has 1 aliphatic heterocycles. The maximum atomic E-state index is 11.4. The number of rotatable bonds is 5. The van der Waals surface area contributed by atoms with E-state index >= 15 is 0 Å². The van der Waals surface area contributed by atoms with Crippen molar-refractivity contribution in [2.24, 2.45) is 12.8 Å². The van der Waals surface area contributed by atoms with Gasteiger partial charge in [-0.05, 0) is 19.8 Å². The molecule has 1 amide bonds. The van der Waals surface area contributed by atoms with Gasteiger partial charge in [-0.2, -0.15) is 5.10 Å². The second-order valence-corrected chi connectivity index (χ2v) is 4.84. The van der Waals surface area contributed by atoms with E-state index < -0.39 is 18.0 Å². The normalized spacial score (nSPS) is 21.9. The Morgan fingerprint density at radius 2 is 2.25 bits per heavy atom. The van der Waals surface area contributed by atoms with Crippen LogP contribution in [-0.4, -0.2) is 45.5 Å². The van der Waals surface area contributed by atoms with E-state index in [1.807, 2.05) is 0 Å². The Morgan fingerprint density at radius 3 is 2.80 bits per heavy atom. The summed E-state index contributed by atoms with van der Waals surface area (Å²) >= 11 is 0. The number of hydrogen-bond acceptors (Lipinski definition) is 5. The lowest BCUT2D eigenvalue weighted by atomic mass is 10.2. The van der Waals surface area contributed by atoms with Crippen LogP contribution in [-0.2, 0) is 16.6 Å². The summed E-state index contributed by atoms with van der Waals surface area (Å²) in [5.41, 5.74) is 6.23. The fraction of sp³-hybridized carbons (Fsp3) is 0.583. The summed E-state index contributed by atoms with van der Waals surface area (Å²) < 4.78 is 6.92. The summed E-state index contributed by atoms with van der Waals surface area (Å²) in [6.07, 6.45) is 0.208. The molecule has 0 radical (unpaired) electrons. The molecule has 2 unspecified atom stereocenters. The van der Waals surface area contributed by atoms with Gasteiger partial charge in [0.1, 0.15) is 11.4 Å². The number of nitrogens with two attached hydrogens (primary N) is 1. The van der Waals surface area contributed by atoms with Gasteiger partial charge in [-0.1, -0.05) is 0 Å². The molecular weight excluding hydrogens is 264 g/mol. The first-order valence-corrected chi connectivity index (χ1v) is 6.35. The number of carboxylic acids is 1. The Morgan fingerprint density at radius 1 is 1.55 bits per heavy atom. The van der Waals surface area contributed by atoms with Crippen molar-refractivity contribution >= 4 is 17.7 Å². The monoisotopic (exact) mass is 282 g/mol. The van der Waals surface area contributed by atoms with Gasteiger partial charge >= 0.3 is 5.97 Å². The van der Waals surface area contributed by atoms with Crippen molar-refractivity contribution in [3.8, 4) is 0 Å². The minimum absolute atomic E-state index is 0.202. The quantitative estimate of drug-likeness (QED) is 0.692. The van der Waals surface area contributed by atoms with Gasteiger partial charge in [-0.3, -0.25) is 9.48 Å². The van der Waals surface area contributed by atoms with E-state index in [1.54, 1.807) is 18.7 Å². The Bertz CT molecular complexity index is 540. The van der Waals surface area contributed by atoms with Crippen LogP contribution in [0, 0.1) is 6.92 Å². The molecule has 0 saturated carbocycles. The van der Waals surface area contributed by atoms with Crippen molar-refractivity contribution in [3.05, 3.63) is 11.3 Å². The summed E-state index contributed by atoms with van der Waals surface area (Å²) in [6, 6.07) is 0. The van der Waals surface area contributed by atoms with Crippen LogP contribution in [0.15, 0.2) is 0 Å². The standard InChI is InChI=1S/C12H18N4O4/c1-6-9(10(13)17)11(16(2)15-6)14-5-7-3-4-8(20-7)12(18)19/h7-8,14H,3-5H2,1-2H3,(H2,13,17)(H,18,19). The first kappa shape index (κ1) is 14.3. The lowest BCUT2D eigenvalue weighted by Gasteiger charge is -2.14. The van der Waals surface area contributed by atoms with Gasteiger partial charge in [-0.25, -0.2) is 4.79 Å². The van der Waals surface area contributed by atoms with Crippen LogP contribution in [0.2, 0.25) is 0 Å². The molecule has 2 atom stereocenters. The van der Waals surface area contributed by atoms with Gasteiger partial charge in [0.25, 0.3) is 5.91 Å². The van der Waals surface area contributed by atoms with Gasteiger partial charge in [0.15, 0.2) is 6.10 Å². The lowest BCUT2D eigenvalue weighted by Crippen LogP contribution is -2.26. The molecule has 110 valence electrons. The zero-order valence-electron chi connectivity index (χ0n) is 11.4. The zero-order valence-corrected chi connectivity index (χ0v) is 11.4. The minimum Gasteiger partial charge on any atom is -0.479 e. The van der Waals surface area contributed by atoms with Gasteiger partial charge in [-0.15, -0.1) is 0 Å². The Balaban J connectivity index is 2.02. The topological polar surface area (TPSA) is 119 Å². The van der Waals surface area contributed by atoms with Crippen molar-refractivity contribution in [2.75, 3.05) is 11.9 Å². The molecule has 0 aromatic carbocycles. The largest absolute Gasteiger partial charge is 0.479 e. The summed E-state index contributed by atoms with van der Waals surface area (Å²) in [5.74, 6) is -0.965. The summed E-state index contributed by atoms with van der Waals surface area (Å²) in [6.45, 7) is 2.11. The highest BCUT2D eigenvalue weighted by molar-refractivity contribution is 5.98. The molecule has 1 aromatic heterocycles. The molecule has 1 aromatic rings. The fourth-order valence-corrected chi connectivity index (χ4v) is 2.40. The number of hydrogen-bond donors (Lipinski definition) is 3. The third-order valence-electron chi connectivity index (χ3n) is 3.35. The van der Waals surface area contributed by atoms with Crippen molar-refractivity contribution in [1.29, 1.82) is 0 Å². The Labute approximate surface area is 115 Å². The van der Waals surface area contributed by atoms with Crippen LogP contribution in [0.5, 0.6) is 0 Å². The molecule has 20 heavy (non-hydrogen) atoms. The van der Waals surface area contributed by atoms with Crippen LogP contribution in [0.25, 0.3) is 0 Å². The summed E-state index contributed by atoms with van der Waals surface area (Å²) in [4.78, 5) is 22.2. The van der Waals surface area contributed by atoms with E-state index in [2.05, 4.69) is 10.4 Å². The zero-order chi connectivity index (χ0) is 14.9. The smallest absolute Gasteiger partial charge is 0.332 e. The molecule has 1 fully saturated rings. The highest BCUT2D eigenvalue weighted by atomic mass is 16.5. The van der Waals surface area contributed by atoms with Crippen molar-refractivity contribution < 1.29 is 19.4 Å². The number of carbonyl (C=O) groups is 2. The van der Waals surface area contributed by atoms with Gasteiger partial charge in [0.05, 0.1) is 11.8 Å². The lowest BCUT2D eigenvalue weighted by molar-refractivity contribution is -0.149. The first-order chi connectivity index (χ1) is 9.40. The molecule has 2 heterocycles. The summed E-state index contributed by atoms with van der Waals surface area (Å²) in [5, 5.41) is 16.1. The van der Waals surface area contributed by atoms with Crippen molar-refractivity contribution in [1.82, 2.24) is 9.78 Å². The van der Waals surface area contributed by atoms with E-state index in [0.29, 0.717) is 36.5 Å². The first-order valence-electron chi connectivity index (χ1n) is 6.35. The van der Waals surface area contributed by atoms with E-state index in [1.165, 1.54) is 0 Å². The van der Waals surface area contributed by atoms with Crippen molar-refractivity contribution in [3.63, 3.8) is 0 Å². The summed E-state index contributed by atoms with van der Waals surface area (Å²) in [7, 11) is 1.71. The molecule has 4 N–H and O–H groups in total. The Kier molecular flexibility index (Phi) is 3.93. The second kappa shape index (κ2) is 5.49. The van der Waals surface area contributed by atoms with Crippen LogP contribution in [0.3, 0.4) is 0 Å². The highest BCUT2D eigenvalue weighted by Gasteiger charge is 2.30. The van der Waals surface area contributed by atoms with Crippen LogP contribution in [0.1, 0.15) is 28.9 Å². The highest BCUT2D eigenvalue weighted by Crippen LogP contribution is 2.22. The molecular formula is C12H18N4O4. The van der Waals surface area contributed by atoms with Crippen molar-refractivity contribution in [2.45, 2.75) is 32.0 Å². The van der Waals surface area contributed by atoms with Crippen LogP contribution >= 0.6 is 0 Å². The minimum atomic E-state index is -0.943. The maximum absolute atomic E-state index is 11.4. The number of nitrogens with zero attached hydrogens (tertiary/aromatic N) is 2. The molecule has 8 heteroatoms. The second-order valence-electron chi connectivity index (χ2n) is 4.84. The number of amides is 1. The molecule has 1 aliphatic rings.